The molecular weight excluding hydrogens is 350 g/mol. The van der Waals surface area contributed by atoms with Gasteiger partial charge in [-0.05, 0) is 23.8 Å². The summed E-state index contributed by atoms with van der Waals surface area (Å²) in [5.74, 6) is 0.618. The van der Waals surface area contributed by atoms with Crippen LogP contribution in [0.1, 0.15) is 5.56 Å². The van der Waals surface area contributed by atoms with Gasteiger partial charge in [-0.25, -0.2) is 4.68 Å². The molecule has 0 saturated heterocycles. The number of anilines is 1. The highest BCUT2D eigenvalue weighted by atomic mass is 79.9. The zero-order valence-corrected chi connectivity index (χ0v) is 13.5. The largest absolute Gasteiger partial charge is 0.384 e. The van der Waals surface area contributed by atoms with Crippen molar-refractivity contribution in [3.8, 4) is 11.3 Å². The minimum absolute atomic E-state index is 0.558. The van der Waals surface area contributed by atoms with Crippen LogP contribution >= 0.6 is 27.5 Å². The van der Waals surface area contributed by atoms with Crippen molar-refractivity contribution in [2.45, 2.75) is 6.54 Å². The summed E-state index contributed by atoms with van der Waals surface area (Å²) in [6.45, 7) is 0.558. The molecule has 0 aliphatic carbocycles. The van der Waals surface area contributed by atoms with Gasteiger partial charge in [0, 0.05) is 21.1 Å². The lowest BCUT2D eigenvalue weighted by Gasteiger charge is -2.06. The maximum Gasteiger partial charge on any atom is 0.122 e. The molecule has 2 N–H and O–H groups in total. The number of nitrogens with zero attached hydrogens (tertiary/aromatic N) is 2. The lowest BCUT2D eigenvalue weighted by Crippen LogP contribution is -2.06. The van der Waals surface area contributed by atoms with Crippen LogP contribution in [0.15, 0.2) is 59.1 Å². The maximum absolute atomic E-state index is 6.18. The van der Waals surface area contributed by atoms with Crippen molar-refractivity contribution in [1.82, 2.24) is 9.78 Å². The number of benzene rings is 2. The Balaban J connectivity index is 1.91. The van der Waals surface area contributed by atoms with Gasteiger partial charge in [0.25, 0.3) is 0 Å². The van der Waals surface area contributed by atoms with E-state index in [1.807, 2.05) is 54.6 Å². The number of nitrogens with two attached hydrogens (primary N) is 1. The molecule has 0 saturated carbocycles. The Morgan fingerprint density at radius 3 is 2.52 bits per heavy atom. The van der Waals surface area contributed by atoms with Crippen molar-refractivity contribution in [3.05, 3.63) is 69.7 Å². The van der Waals surface area contributed by atoms with Crippen molar-refractivity contribution < 1.29 is 0 Å². The summed E-state index contributed by atoms with van der Waals surface area (Å²) in [7, 11) is 0. The molecule has 106 valence electrons. The summed E-state index contributed by atoms with van der Waals surface area (Å²) in [4.78, 5) is 0. The summed E-state index contributed by atoms with van der Waals surface area (Å²) in [6.07, 6.45) is 0. The third kappa shape index (κ3) is 3.12. The van der Waals surface area contributed by atoms with Crippen LogP contribution in [0.4, 0.5) is 5.82 Å². The van der Waals surface area contributed by atoms with E-state index < -0.39 is 0 Å². The van der Waals surface area contributed by atoms with Crippen LogP contribution < -0.4 is 5.73 Å². The van der Waals surface area contributed by atoms with E-state index in [1.54, 1.807) is 4.68 Å². The quantitative estimate of drug-likeness (QED) is 0.740. The molecule has 0 radical (unpaired) electrons. The van der Waals surface area contributed by atoms with Gasteiger partial charge < -0.3 is 5.73 Å². The van der Waals surface area contributed by atoms with Gasteiger partial charge >= 0.3 is 0 Å². The van der Waals surface area contributed by atoms with Gasteiger partial charge in [-0.15, -0.1) is 0 Å². The molecule has 0 amide bonds. The first-order valence-corrected chi connectivity index (χ1v) is 7.63. The average molecular weight is 363 g/mol. The Kier molecular flexibility index (Phi) is 3.99. The van der Waals surface area contributed by atoms with Gasteiger partial charge in [0.1, 0.15) is 5.82 Å². The van der Waals surface area contributed by atoms with E-state index in [0.29, 0.717) is 12.4 Å². The lowest BCUT2D eigenvalue weighted by atomic mass is 10.2. The number of nitrogen functional groups attached to an aromatic ring is 1. The molecule has 2 aromatic carbocycles. The van der Waals surface area contributed by atoms with Crippen LogP contribution in [0, 0.1) is 0 Å². The first kappa shape index (κ1) is 14.2. The number of halogens is 2. The first-order chi connectivity index (χ1) is 10.1. The maximum atomic E-state index is 6.18. The van der Waals surface area contributed by atoms with Gasteiger partial charge in [0.05, 0.1) is 12.2 Å². The van der Waals surface area contributed by atoms with E-state index in [4.69, 9.17) is 17.3 Å². The summed E-state index contributed by atoms with van der Waals surface area (Å²) < 4.78 is 2.80. The van der Waals surface area contributed by atoms with Crippen LogP contribution in [-0.4, -0.2) is 9.78 Å². The number of hydrogen-bond donors (Lipinski definition) is 1. The van der Waals surface area contributed by atoms with Gasteiger partial charge in [-0.1, -0.05) is 57.9 Å². The fourth-order valence-electron chi connectivity index (χ4n) is 2.11. The highest BCUT2D eigenvalue weighted by Gasteiger charge is 2.09. The third-order valence-corrected chi connectivity index (χ3v) is 4.13. The van der Waals surface area contributed by atoms with Gasteiger partial charge in [-0.3, -0.25) is 0 Å². The molecule has 5 heteroatoms. The summed E-state index contributed by atoms with van der Waals surface area (Å²) >= 11 is 9.61. The van der Waals surface area contributed by atoms with Gasteiger partial charge in [0.15, 0.2) is 0 Å². The second-order valence-electron chi connectivity index (χ2n) is 4.71. The smallest absolute Gasteiger partial charge is 0.122 e. The van der Waals surface area contributed by atoms with E-state index >= 15 is 0 Å². The molecule has 0 atom stereocenters. The topological polar surface area (TPSA) is 43.8 Å². The number of rotatable bonds is 3. The highest BCUT2D eigenvalue weighted by Crippen LogP contribution is 2.24. The van der Waals surface area contributed by atoms with Crippen molar-refractivity contribution in [3.63, 3.8) is 0 Å². The molecule has 0 unspecified atom stereocenters. The molecule has 3 rings (SSSR count). The van der Waals surface area contributed by atoms with Crippen LogP contribution in [0.3, 0.4) is 0 Å². The Labute approximate surface area is 136 Å². The molecule has 1 heterocycles. The van der Waals surface area contributed by atoms with Crippen LogP contribution in [0.2, 0.25) is 5.02 Å². The predicted octanol–water partition coefficient (Wildman–Crippen LogP) is 4.60. The van der Waals surface area contributed by atoms with E-state index in [2.05, 4.69) is 21.0 Å². The van der Waals surface area contributed by atoms with E-state index in [0.717, 1.165) is 26.3 Å². The molecular formula is C16H13BrClN3. The highest BCUT2D eigenvalue weighted by molar-refractivity contribution is 9.10. The van der Waals surface area contributed by atoms with E-state index in [-0.39, 0.29) is 0 Å². The Bertz CT molecular complexity index is 765. The minimum atomic E-state index is 0.558. The molecule has 3 aromatic rings. The van der Waals surface area contributed by atoms with Gasteiger partial charge in [0.2, 0.25) is 0 Å². The van der Waals surface area contributed by atoms with Crippen molar-refractivity contribution in [2.24, 2.45) is 0 Å². The minimum Gasteiger partial charge on any atom is -0.384 e. The Morgan fingerprint density at radius 1 is 1.10 bits per heavy atom. The van der Waals surface area contributed by atoms with Crippen molar-refractivity contribution in [1.29, 1.82) is 0 Å². The number of hydrogen-bond acceptors (Lipinski definition) is 2. The molecule has 0 spiro atoms. The normalized spacial score (nSPS) is 10.8. The SMILES string of the molecule is Nc1cc(-c2ccc(Br)cc2)nn1Cc1ccccc1Cl. The molecule has 0 bridgehead atoms. The zero-order valence-electron chi connectivity index (χ0n) is 11.1. The predicted molar refractivity (Wildman–Crippen MR) is 90.3 cm³/mol. The molecule has 1 aromatic heterocycles. The standard InChI is InChI=1S/C16H13BrClN3/c17-13-7-5-11(6-8-13)15-9-16(19)21(20-15)10-12-3-1-2-4-14(12)18/h1-9H,10,19H2. The molecule has 0 aliphatic rings. The third-order valence-electron chi connectivity index (χ3n) is 3.23. The summed E-state index contributed by atoms with van der Waals surface area (Å²) in [5.41, 5.74) is 8.94. The second-order valence-corrected chi connectivity index (χ2v) is 6.03. The fourth-order valence-corrected chi connectivity index (χ4v) is 2.57. The van der Waals surface area contributed by atoms with Crippen LogP contribution in [0.25, 0.3) is 11.3 Å². The lowest BCUT2D eigenvalue weighted by molar-refractivity contribution is 0.700. The molecule has 3 nitrogen and oxygen atoms in total. The fraction of sp³-hybridized carbons (Fsp3) is 0.0625. The Hall–Kier alpha value is -1.78. The van der Waals surface area contributed by atoms with E-state index in [1.165, 1.54) is 0 Å². The van der Waals surface area contributed by atoms with Crippen LogP contribution in [0.5, 0.6) is 0 Å². The average Bonchev–Trinajstić information content (AvgIpc) is 2.83. The Morgan fingerprint density at radius 2 is 1.81 bits per heavy atom. The summed E-state index contributed by atoms with van der Waals surface area (Å²) in [6, 6.07) is 17.6. The monoisotopic (exact) mass is 361 g/mol. The van der Waals surface area contributed by atoms with E-state index in [9.17, 15) is 0 Å². The van der Waals surface area contributed by atoms with Crippen LogP contribution in [-0.2, 0) is 6.54 Å². The first-order valence-electron chi connectivity index (χ1n) is 6.46. The number of aromatic nitrogens is 2. The van der Waals surface area contributed by atoms with Gasteiger partial charge in [-0.2, -0.15) is 5.10 Å². The molecule has 0 aliphatic heterocycles. The second kappa shape index (κ2) is 5.92. The molecule has 0 fully saturated rings. The zero-order chi connectivity index (χ0) is 14.8. The van der Waals surface area contributed by atoms with Crippen molar-refractivity contribution in [2.75, 3.05) is 5.73 Å². The molecule has 21 heavy (non-hydrogen) atoms. The van der Waals surface area contributed by atoms with Crippen molar-refractivity contribution >= 4 is 33.3 Å². The summed E-state index contributed by atoms with van der Waals surface area (Å²) in [5, 5.41) is 5.28.